The number of rotatable bonds is 6. The van der Waals surface area contributed by atoms with Crippen LogP contribution in [0.25, 0.3) is 21.8 Å². The SMILES string of the molecule is O=C(Cn1c(COc2cccc3ccccc23)nc2ccccc21)Nc1ccccc1F. The molecule has 0 spiro atoms. The third-order valence-corrected chi connectivity index (χ3v) is 5.29. The number of nitrogens with zero attached hydrogens (tertiary/aromatic N) is 2. The van der Waals surface area contributed by atoms with Crippen molar-refractivity contribution in [1.29, 1.82) is 0 Å². The van der Waals surface area contributed by atoms with Gasteiger partial charge in [-0.1, -0.05) is 60.7 Å². The van der Waals surface area contributed by atoms with Crippen LogP contribution in [-0.4, -0.2) is 15.5 Å². The summed E-state index contributed by atoms with van der Waals surface area (Å²) in [4.78, 5) is 17.4. The summed E-state index contributed by atoms with van der Waals surface area (Å²) >= 11 is 0. The number of aromatic nitrogens is 2. The highest BCUT2D eigenvalue weighted by molar-refractivity contribution is 5.92. The van der Waals surface area contributed by atoms with Gasteiger partial charge in [0.15, 0.2) is 0 Å². The normalized spacial score (nSPS) is 11.0. The number of hydrogen-bond donors (Lipinski definition) is 1. The van der Waals surface area contributed by atoms with Crippen LogP contribution >= 0.6 is 0 Å². The maximum absolute atomic E-state index is 13.9. The zero-order chi connectivity index (χ0) is 21.9. The third-order valence-electron chi connectivity index (χ3n) is 5.29. The summed E-state index contributed by atoms with van der Waals surface area (Å²) in [6.45, 7) is 0.179. The van der Waals surface area contributed by atoms with Gasteiger partial charge in [-0.2, -0.15) is 0 Å². The quantitative estimate of drug-likeness (QED) is 0.388. The van der Waals surface area contributed by atoms with Gasteiger partial charge >= 0.3 is 0 Å². The fourth-order valence-corrected chi connectivity index (χ4v) is 3.77. The van der Waals surface area contributed by atoms with E-state index in [1.807, 2.05) is 66.7 Å². The number of imidazole rings is 1. The average molecular weight is 425 g/mol. The molecule has 0 saturated carbocycles. The van der Waals surface area contributed by atoms with Gasteiger partial charge in [-0.15, -0.1) is 0 Å². The molecular formula is C26H20FN3O2. The first-order valence-electron chi connectivity index (χ1n) is 10.3. The van der Waals surface area contributed by atoms with Crippen LogP contribution in [-0.2, 0) is 17.9 Å². The first-order chi connectivity index (χ1) is 15.7. The van der Waals surface area contributed by atoms with E-state index in [4.69, 9.17) is 4.74 Å². The van der Waals surface area contributed by atoms with Crippen LogP contribution in [0.5, 0.6) is 5.75 Å². The van der Waals surface area contributed by atoms with Crippen molar-refractivity contribution >= 4 is 33.4 Å². The fourth-order valence-electron chi connectivity index (χ4n) is 3.77. The minimum absolute atomic E-state index is 0.0108. The number of nitrogens with one attached hydrogen (secondary N) is 1. The van der Waals surface area contributed by atoms with Crippen LogP contribution in [0.3, 0.4) is 0 Å². The lowest BCUT2D eigenvalue weighted by Gasteiger charge is -2.12. The Morgan fingerprint density at radius 3 is 2.56 bits per heavy atom. The molecule has 0 unspecified atom stereocenters. The zero-order valence-electron chi connectivity index (χ0n) is 17.2. The van der Waals surface area contributed by atoms with Crippen molar-refractivity contribution in [1.82, 2.24) is 9.55 Å². The smallest absolute Gasteiger partial charge is 0.244 e. The molecule has 0 aliphatic carbocycles. The van der Waals surface area contributed by atoms with Gasteiger partial charge in [-0.3, -0.25) is 4.79 Å². The van der Waals surface area contributed by atoms with Crippen molar-refractivity contribution in [2.75, 3.05) is 5.32 Å². The summed E-state index contributed by atoms with van der Waals surface area (Å²) in [5.41, 5.74) is 1.73. The summed E-state index contributed by atoms with van der Waals surface area (Å²) < 4.78 is 21.9. The summed E-state index contributed by atoms with van der Waals surface area (Å²) in [6, 6.07) is 27.6. The topological polar surface area (TPSA) is 56.2 Å². The highest BCUT2D eigenvalue weighted by Gasteiger charge is 2.15. The van der Waals surface area contributed by atoms with Crippen LogP contribution in [0.2, 0.25) is 0 Å². The van der Waals surface area contributed by atoms with Gasteiger partial charge in [-0.25, -0.2) is 9.37 Å². The van der Waals surface area contributed by atoms with E-state index in [0.717, 1.165) is 27.6 Å². The highest BCUT2D eigenvalue weighted by Crippen LogP contribution is 2.26. The molecule has 0 aliphatic rings. The lowest BCUT2D eigenvalue weighted by Crippen LogP contribution is -2.21. The van der Waals surface area contributed by atoms with Gasteiger partial charge in [0.25, 0.3) is 0 Å². The molecule has 1 N–H and O–H groups in total. The number of carbonyl (C=O) groups excluding carboxylic acids is 1. The molecule has 1 heterocycles. The molecule has 0 fully saturated rings. The van der Waals surface area contributed by atoms with Gasteiger partial charge in [0.2, 0.25) is 5.91 Å². The van der Waals surface area contributed by atoms with Crippen molar-refractivity contribution in [3.05, 3.63) is 103 Å². The number of para-hydroxylation sites is 3. The Bertz CT molecular complexity index is 1420. The molecule has 6 heteroatoms. The molecule has 4 aromatic carbocycles. The van der Waals surface area contributed by atoms with Gasteiger partial charge in [0.1, 0.15) is 30.5 Å². The predicted molar refractivity (Wildman–Crippen MR) is 123 cm³/mol. The van der Waals surface area contributed by atoms with Crippen LogP contribution in [0.4, 0.5) is 10.1 Å². The van der Waals surface area contributed by atoms with E-state index in [2.05, 4.69) is 10.3 Å². The van der Waals surface area contributed by atoms with Crippen LogP contribution < -0.4 is 10.1 Å². The minimum Gasteiger partial charge on any atom is -0.485 e. The van der Waals surface area contributed by atoms with Gasteiger partial charge < -0.3 is 14.6 Å². The van der Waals surface area contributed by atoms with E-state index in [9.17, 15) is 9.18 Å². The van der Waals surface area contributed by atoms with Crippen LogP contribution in [0, 0.1) is 5.82 Å². The van der Waals surface area contributed by atoms with Crippen LogP contribution in [0.1, 0.15) is 5.82 Å². The molecule has 32 heavy (non-hydrogen) atoms. The molecule has 1 amide bonds. The molecule has 0 aliphatic heterocycles. The molecule has 5 aromatic rings. The number of hydrogen-bond acceptors (Lipinski definition) is 3. The number of benzene rings is 4. The zero-order valence-corrected chi connectivity index (χ0v) is 17.2. The summed E-state index contributed by atoms with van der Waals surface area (Å²) in [6.07, 6.45) is 0. The van der Waals surface area contributed by atoms with Crippen molar-refractivity contribution in [3.63, 3.8) is 0 Å². The lowest BCUT2D eigenvalue weighted by atomic mass is 10.1. The fraction of sp³-hybridized carbons (Fsp3) is 0.0769. The van der Waals surface area contributed by atoms with E-state index < -0.39 is 5.82 Å². The number of halogens is 1. The lowest BCUT2D eigenvalue weighted by molar-refractivity contribution is -0.116. The second-order valence-corrected chi connectivity index (χ2v) is 7.40. The first-order valence-corrected chi connectivity index (χ1v) is 10.3. The van der Waals surface area contributed by atoms with Crippen molar-refractivity contribution < 1.29 is 13.9 Å². The van der Waals surface area contributed by atoms with Gasteiger partial charge in [-0.05, 0) is 35.7 Å². The third kappa shape index (κ3) is 3.90. The molecule has 0 radical (unpaired) electrons. The van der Waals surface area contributed by atoms with Crippen LogP contribution in [0.15, 0.2) is 91.0 Å². The summed E-state index contributed by atoms with van der Waals surface area (Å²) in [7, 11) is 0. The standard InChI is InChI=1S/C26H20FN3O2/c27-20-11-3-4-12-21(20)29-26(31)16-30-23-14-6-5-13-22(23)28-25(30)17-32-24-15-7-9-18-8-1-2-10-19(18)24/h1-15H,16-17H2,(H,29,31). The molecular weight excluding hydrogens is 405 g/mol. The minimum atomic E-state index is -0.476. The second-order valence-electron chi connectivity index (χ2n) is 7.40. The molecule has 0 saturated heterocycles. The first kappa shape index (κ1) is 19.8. The van der Waals surface area contributed by atoms with Crippen molar-refractivity contribution in [2.24, 2.45) is 0 Å². The molecule has 0 bridgehead atoms. The van der Waals surface area contributed by atoms with E-state index in [1.165, 1.54) is 12.1 Å². The highest BCUT2D eigenvalue weighted by atomic mass is 19.1. The molecule has 0 atom stereocenters. The maximum atomic E-state index is 13.9. The Balaban J connectivity index is 1.42. The van der Waals surface area contributed by atoms with E-state index in [1.54, 1.807) is 16.7 Å². The van der Waals surface area contributed by atoms with Gasteiger partial charge in [0.05, 0.1) is 16.7 Å². The maximum Gasteiger partial charge on any atom is 0.244 e. The molecule has 5 nitrogen and oxygen atoms in total. The number of carbonyl (C=O) groups is 1. The summed E-state index contributed by atoms with van der Waals surface area (Å²) in [5.74, 6) is 0.542. The Labute approximate surface area is 184 Å². The predicted octanol–water partition coefficient (Wildman–Crippen LogP) is 5.55. The average Bonchev–Trinajstić information content (AvgIpc) is 3.16. The number of fused-ring (bicyclic) bond motifs is 2. The monoisotopic (exact) mass is 425 g/mol. The largest absolute Gasteiger partial charge is 0.485 e. The molecule has 158 valence electrons. The Kier molecular flexibility index (Phi) is 5.25. The second kappa shape index (κ2) is 8.51. The molecule has 1 aromatic heterocycles. The Morgan fingerprint density at radius 2 is 1.66 bits per heavy atom. The molecule has 5 rings (SSSR count). The van der Waals surface area contributed by atoms with Crippen molar-refractivity contribution in [3.8, 4) is 5.75 Å². The number of amides is 1. The van der Waals surface area contributed by atoms with Gasteiger partial charge in [0, 0.05) is 5.39 Å². The Hall–Kier alpha value is -4.19. The van der Waals surface area contributed by atoms with E-state index >= 15 is 0 Å². The van der Waals surface area contributed by atoms with E-state index in [0.29, 0.717) is 5.82 Å². The van der Waals surface area contributed by atoms with Crippen molar-refractivity contribution in [2.45, 2.75) is 13.2 Å². The number of ether oxygens (including phenoxy) is 1. The Morgan fingerprint density at radius 1 is 0.906 bits per heavy atom. The van der Waals surface area contributed by atoms with E-state index in [-0.39, 0.29) is 24.7 Å². The number of anilines is 1. The summed E-state index contributed by atoms with van der Waals surface area (Å²) in [5, 5.41) is 4.73.